The Hall–Kier alpha value is -3.67. The zero-order valence-corrected chi connectivity index (χ0v) is 24.3. The lowest BCUT2D eigenvalue weighted by molar-refractivity contribution is -0.00553. The number of oxime groups is 1. The Morgan fingerprint density at radius 1 is 1.13 bits per heavy atom. The van der Waals surface area contributed by atoms with Crippen molar-refractivity contribution in [2.45, 2.75) is 85.8 Å². The quantitative estimate of drug-likeness (QED) is 0.325. The first-order valence-electron chi connectivity index (χ1n) is 12.6. The number of methoxy groups -OCH3 is 1. The Morgan fingerprint density at radius 3 is 2.31 bits per heavy atom. The molecule has 2 rings (SSSR count). The van der Waals surface area contributed by atoms with Crippen molar-refractivity contribution < 1.29 is 28.2 Å². The molecular weight excluding hydrogens is 511 g/mol. The maximum absolute atomic E-state index is 14.3. The Balaban J connectivity index is 2.78. The highest BCUT2D eigenvalue weighted by Crippen LogP contribution is 2.30. The molecule has 0 radical (unpaired) electrons. The van der Waals surface area contributed by atoms with Gasteiger partial charge in [-0.05, 0) is 73.6 Å². The van der Waals surface area contributed by atoms with E-state index in [9.17, 15) is 18.8 Å². The molecule has 1 heterocycles. The highest BCUT2D eigenvalue weighted by Gasteiger charge is 2.27. The Labute approximate surface area is 227 Å². The maximum Gasteiger partial charge on any atom is 0.429 e. The van der Waals surface area contributed by atoms with E-state index in [1.165, 1.54) is 43.1 Å². The van der Waals surface area contributed by atoms with E-state index in [0.29, 0.717) is 16.0 Å². The molecule has 0 N–H and O–H groups in total. The van der Waals surface area contributed by atoms with E-state index in [2.05, 4.69) is 5.16 Å². The van der Waals surface area contributed by atoms with Crippen LogP contribution in [0.25, 0.3) is 0 Å². The molecule has 1 aromatic heterocycles. The van der Waals surface area contributed by atoms with Crippen LogP contribution in [0.15, 0.2) is 39.1 Å². The summed E-state index contributed by atoms with van der Waals surface area (Å²) in [6, 6.07) is 3.99. The first-order valence-corrected chi connectivity index (χ1v) is 12.6. The fraction of sp³-hybridized carbons (Fsp3) is 0.556. The third-order valence-electron chi connectivity index (χ3n) is 5.22. The second-order valence-electron chi connectivity index (χ2n) is 10.5. The van der Waals surface area contributed by atoms with E-state index in [1.54, 1.807) is 55.4 Å². The number of nitrogens with zero attached hydrogens (tertiary/aromatic N) is 4. The van der Waals surface area contributed by atoms with Gasteiger partial charge in [-0.2, -0.15) is 4.68 Å². The summed E-state index contributed by atoms with van der Waals surface area (Å²) in [5, 5.41) is 4.81. The lowest BCUT2D eigenvalue weighted by Gasteiger charge is -2.27. The highest BCUT2D eigenvalue weighted by molar-refractivity contribution is 5.97. The van der Waals surface area contributed by atoms with Crippen molar-refractivity contribution in [1.29, 1.82) is 0 Å². The molecule has 216 valence electrons. The average molecular weight is 551 g/mol. The molecular formula is C27H39FN4O7. The van der Waals surface area contributed by atoms with Crippen molar-refractivity contribution in [1.82, 2.24) is 9.24 Å². The summed E-state index contributed by atoms with van der Waals surface area (Å²) in [5.74, 6) is -0.155. The number of ether oxygens (including phenoxy) is 3. The van der Waals surface area contributed by atoms with Crippen LogP contribution >= 0.6 is 0 Å². The van der Waals surface area contributed by atoms with Crippen LogP contribution in [0.5, 0.6) is 5.75 Å². The van der Waals surface area contributed by atoms with Crippen molar-refractivity contribution in [3.8, 4) is 5.75 Å². The largest absolute Gasteiger partial charge is 0.496 e. The number of aromatic nitrogens is 2. The van der Waals surface area contributed by atoms with E-state index < -0.39 is 34.9 Å². The van der Waals surface area contributed by atoms with Gasteiger partial charge in [0.25, 0.3) is 5.56 Å². The maximum atomic E-state index is 14.3. The van der Waals surface area contributed by atoms with E-state index in [1.807, 2.05) is 0 Å². The molecule has 12 heteroatoms. The predicted molar refractivity (Wildman–Crippen MR) is 146 cm³/mol. The van der Waals surface area contributed by atoms with E-state index >= 15 is 0 Å². The normalized spacial score (nSPS) is 13.0. The lowest BCUT2D eigenvalue weighted by atomic mass is 10.1. The van der Waals surface area contributed by atoms with Crippen molar-refractivity contribution in [2.24, 2.45) is 5.16 Å². The molecule has 11 nitrogen and oxygen atoms in total. The van der Waals surface area contributed by atoms with Gasteiger partial charge in [-0.1, -0.05) is 5.16 Å². The van der Waals surface area contributed by atoms with Crippen LogP contribution in [0.1, 0.15) is 72.6 Å². The zero-order chi connectivity index (χ0) is 29.7. The van der Waals surface area contributed by atoms with Crippen LogP contribution in [-0.2, 0) is 20.9 Å². The smallest absolute Gasteiger partial charge is 0.429 e. The SMILES string of the molecule is COc1ccc(F)cc1C(Cn1cc(/C(C)=N/OC(C)C)c(=O)n(N(C)C(=O)OC(C)(C)C)c1=O)OC(C)C. The number of benzene rings is 1. The molecule has 39 heavy (non-hydrogen) atoms. The molecule has 1 amide bonds. The van der Waals surface area contributed by atoms with Crippen LogP contribution in [-0.4, -0.2) is 53.0 Å². The van der Waals surface area contributed by atoms with Crippen LogP contribution in [0, 0.1) is 5.82 Å². The van der Waals surface area contributed by atoms with Gasteiger partial charge in [0.1, 0.15) is 29.4 Å². The second kappa shape index (κ2) is 12.9. The van der Waals surface area contributed by atoms with Crippen LogP contribution < -0.4 is 21.0 Å². The van der Waals surface area contributed by atoms with Gasteiger partial charge in [0, 0.05) is 18.8 Å². The molecule has 0 saturated carbocycles. The summed E-state index contributed by atoms with van der Waals surface area (Å²) in [4.78, 5) is 45.3. The Bertz CT molecular complexity index is 1310. The molecule has 1 aromatic carbocycles. The minimum absolute atomic E-state index is 0.000151. The van der Waals surface area contributed by atoms with E-state index in [-0.39, 0.29) is 30.0 Å². The number of carbonyl (C=O) groups is 1. The summed E-state index contributed by atoms with van der Waals surface area (Å²) in [6.07, 6.45) is -1.03. The molecule has 0 aliphatic heterocycles. The number of rotatable bonds is 10. The molecule has 0 saturated heterocycles. The van der Waals surface area contributed by atoms with Gasteiger partial charge in [0.15, 0.2) is 0 Å². The molecule has 1 unspecified atom stereocenters. The van der Waals surface area contributed by atoms with Gasteiger partial charge >= 0.3 is 11.8 Å². The standard InChI is InChI=1S/C27H39FN4O7/c1-16(2)37-23(20-13-19(28)11-12-22(20)36-10)15-31-14-21(18(5)29-39-17(3)4)24(33)32(25(31)34)30(9)26(35)38-27(6,7)8/h11-14,16-17,23H,15H2,1-10H3/b29-18+. The number of carbonyl (C=O) groups excluding carboxylic acids is 1. The molecule has 0 spiro atoms. The van der Waals surface area contributed by atoms with Crippen LogP contribution in [0.2, 0.25) is 0 Å². The van der Waals surface area contributed by atoms with Gasteiger partial charge in [-0.3, -0.25) is 9.36 Å². The first-order chi connectivity index (χ1) is 18.0. The molecule has 0 bridgehead atoms. The summed E-state index contributed by atoms with van der Waals surface area (Å²) in [6.45, 7) is 13.5. The van der Waals surface area contributed by atoms with Crippen molar-refractivity contribution in [2.75, 3.05) is 19.2 Å². The number of hydrogen-bond acceptors (Lipinski definition) is 8. The van der Waals surface area contributed by atoms with Gasteiger partial charge in [0.2, 0.25) is 0 Å². The summed E-state index contributed by atoms with van der Waals surface area (Å²) in [5.41, 5.74) is -1.98. The van der Waals surface area contributed by atoms with Gasteiger partial charge in [0.05, 0.1) is 31.0 Å². The molecule has 1 atom stereocenters. The van der Waals surface area contributed by atoms with Gasteiger partial charge in [-0.15, -0.1) is 0 Å². The topological polar surface area (TPSA) is 114 Å². The minimum atomic E-state index is -0.916. The average Bonchev–Trinajstić information content (AvgIpc) is 2.82. The third-order valence-corrected chi connectivity index (χ3v) is 5.22. The number of halogens is 1. The molecule has 0 aliphatic carbocycles. The summed E-state index contributed by atoms with van der Waals surface area (Å²) in [7, 11) is 2.69. The number of amides is 1. The van der Waals surface area contributed by atoms with Crippen LogP contribution in [0.3, 0.4) is 0 Å². The van der Waals surface area contributed by atoms with Crippen molar-refractivity contribution in [3.63, 3.8) is 0 Å². The monoisotopic (exact) mass is 550 g/mol. The first kappa shape index (κ1) is 31.5. The fourth-order valence-corrected chi connectivity index (χ4v) is 3.55. The minimum Gasteiger partial charge on any atom is -0.496 e. The van der Waals surface area contributed by atoms with Gasteiger partial charge in [-0.25, -0.2) is 19.0 Å². The number of hydrogen-bond donors (Lipinski definition) is 0. The molecule has 0 aliphatic rings. The highest BCUT2D eigenvalue weighted by atomic mass is 19.1. The third kappa shape index (κ3) is 8.41. The van der Waals surface area contributed by atoms with Crippen molar-refractivity contribution >= 4 is 11.8 Å². The lowest BCUT2D eigenvalue weighted by Crippen LogP contribution is -2.55. The summed E-state index contributed by atoms with van der Waals surface area (Å²) >= 11 is 0. The Kier molecular flexibility index (Phi) is 10.5. The summed E-state index contributed by atoms with van der Waals surface area (Å²) < 4.78 is 33.0. The van der Waals surface area contributed by atoms with Crippen molar-refractivity contribution in [3.05, 3.63) is 62.2 Å². The Morgan fingerprint density at radius 2 is 1.77 bits per heavy atom. The predicted octanol–water partition coefficient (Wildman–Crippen LogP) is 3.98. The van der Waals surface area contributed by atoms with Gasteiger partial charge < -0.3 is 19.0 Å². The van der Waals surface area contributed by atoms with E-state index in [0.717, 1.165) is 5.01 Å². The second-order valence-corrected chi connectivity index (χ2v) is 10.5. The molecule has 0 fully saturated rings. The fourth-order valence-electron chi connectivity index (χ4n) is 3.55. The zero-order valence-electron chi connectivity index (χ0n) is 24.3. The van der Waals surface area contributed by atoms with Crippen LogP contribution in [0.4, 0.5) is 9.18 Å². The molecule has 2 aromatic rings. The van der Waals surface area contributed by atoms with E-state index in [4.69, 9.17) is 19.0 Å².